The maximum absolute atomic E-state index is 12.2. The zero-order valence-corrected chi connectivity index (χ0v) is 12.3. The van der Waals surface area contributed by atoms with E-state index in [9.17, 15) is 9.59 Å². The van der Waals surface area contributed by atoms with Gasteiger partial charge < -0.3 is 10.4 Å². The van der Waals surface area contributed by atoms with Crippen molar-refractivity contribution in [1.29, 1.82) is 0 Å². The molecule has 1 heterocycles. The number of hydrogen-bond donors (Lipinski definition) is 2. The Kier molecular flexibility index (Phi) is 5.07. The van der Waals surface area contributed by atoms with Crippen molar-refractivity contribution in [3.8, 4) is 0 Å². The molecule has 2 N–H and O–H groups in total. The van der Waals surface area contributed by atoms with Crippen LogP contribution in [0.3, 0.4) is 0 Å². The van der Waals surface area contributed by atoms with Crippen LogP contribution in [0.5, 0.6) is 0 Å². The van der Waals surface area contributed by atoms with Gasteiger partial charge in [-0.1, -0.05) is 20.8 Å². The van der Waals surface area contributed by atoms with Gasteiger partial charge >= 0.3 is 12.0 Å². The number of carboxylic acid groups (broad SMARTS) is 1. The van der Waals surface area contributed by atoms with Gasteiger partial charge in [0.1, 0.15) is 0 Å². The first-order chi connectivity index (χ1) is 9.21. The van der Waals surface area contributed by atoms with E-state index >= 15 is 0 Å². The number of rotatable bonds is 4. The third-order valence-corrected chi connectivity index (χ3v) is 3.06. The summed E-state index contributed by atoms with van der Waals surface area (Å²) in [5, 5.41) is 11.7. The van der Waals surface area contributed by atoms with Crippen LogP contribution in [0, 0.1) is 5.41 Å². The molecule has 0 aliphatic carbocycles. The molecule has 110 valence electrons. The van der Waals surface area contributed by atoms with Gasteiger partial charge in [-0.2, -0.15) is 0 Å². The summed E-state index contributed by atoms with van der Waals surface area (Å²) in [6, 6.07) is 2.69. The van der Waals surface area contributed by atoms with E-state index in [4.69, 9.17) is 5.11 Å². The average molecular weight is 279 g/mol. The molecule has 0 saturated heterocycles. The lowest BCUT2D eigenvalue weighted by Crippen LogP contribution is -2.49. The predicted octanol–water partition coefficient (Wildman–Crippen LogP) is 2.12. The third-order valence-electron chi connectivity index (χ3n) is 3.06. The van der Waals surface area contributed by atoms with Gasteiger partial charge in [-0.3, -0.25) is 14.7 Å². The molecule has 0 aromatic carbocycles. The summed E-state index contributed by atoms with van der Waals surface area (Å²) >= 11 is 0. The SMILES string of the molecule is CN(C(=O)NC(CC(=O)O)C(C)(C)C)c1cccnc1. The summed E-state index contributed by atoms with van der Waals surface area (Å²) in [5.74, 6) is -0.936. The molecule has 1 unspecified atom stereocenters. The van der Waals surface area contributed by atoms with E-state index in [1.54, 1.807) is 31.6 Å². The Morgan fingerprint density at radius 2 is 2.10 bits per heavy atom. The molecule has 1 rings (SSSR count). The number of aliphatic carboxylic acids is 1. The van der Waals surface area contributed by atoms with Crippen LogP contribution < -0.4 is 10.2 Å². The highest BCUT2D eigenvalue weighted by Crippen LogP contribution is 2.22. The predicted molar refractivity (Wildman–Crippen MR) is 76.7 cm³/mol. The molecule has 6 heteroatoms. The zero-order chi connectivity index (χ0) is 15.3. The quantitative estimate of drug-likeness (QED) is 0.884. The number of carbonyl (C=O) groups excluding carboxylic acids is 1. The Labute approximate surface area is 118 Å². The third kappa shape index (κ3) is 4.53. The van der Waals surface area contributed by atoms with Crippen molar-refractivity contribution in [2.75, 3.05) is 11.9 Å². The van der Waals surface area contributed by atoms with Crippen molar-refractivity contribution in [2.45, 2.75) is 33.2 Å². The minimum atomic E-state index is -0.936. The fourth-order valence-electron chi connectivity index (χ4n) is 1.66. The molecule has 1 atom stereocenters. The second kappa shape index (κ2) is 6.36. The number of urea groups is 1. The van der Waals surface area contributed by atoms with E-state index in [0.29, 0.717) is 5.69 Å². The van der Waals surface area contributed by atoms with Crippen LogP contribution in [0.15, 0.2) is 24.5 Å². The summed E-state index contributed by atoms with van der Waals surface area (Å²) < 4.78 is 0. The van der Waals surface area contributed by atoms with E-state index in [0.717, 1.165) is 0 Å². The monoisotopic (exact) mass is 279 g/mol. The fraction of sp³-hybridized carbons (Fsp3) is 0.500. The highest BCUT2D eigenvalue weighted by molar-refractivity contribution is 5.91. The molecule has 0 radical (unpaired) electrons. The first-order valence-electron chi connectivity index (χ1n) is 6.38. The van der Waals surface area contributed by atoms with Gasteiger partial charge in [0.05, 0.1) is 18.3 Å². The Bertz CT molecular complexity index is 468. The standard InChI is InChI=1S/C14H21N3O3/c1-14(2,3)11(8-12(18)19)16-13(20)17(4)10-6-5-7-15-9-10/h5-7,9,11H,8H2,1-4H3,(H,16,20)(H,18,19). The highest BCUT2D eigenvalue weighted by Gasteiger charge is 2.29. The number of nitrogens with one attached hydrogen (secondary N) is 1. The lowest BCUT2D eigenvalue weighted by Gasteiger charge is -2.32. The Morgan fingerprint density at radius 3 is 2.55 bits per heavy atom. The lowest BCUT2D eigenvalue weighted by atomic mass is 9.85. The van der Waals surface area contributed by atoms with Crippen LogP contribution in [0.25, 0.3) is 0 Å². The normalized spacial score (nSPS) is 12.6. The lowest BCUT2D eigenvalue weighted by molar-refractivity contribution is -0.138. The van der Waals surface area contributed by atoms with Crippen LogP contribution in [-0.4, -0.2) is 35.2 Å². The summed E-state index contributed by atoms with van der Waals surface area (Å²) in [6.07, 6.45) is 3.08. The zero-order valence-electron chi connectivity index (χ0n) is 12.3. The van der Waals surface area contributed by atoms with Crippen LogP contribution in [0.2, 0.25) is 0 Å². The first kappa shape index (κ1) is 15.9. The number of amides is 2. The van der Waals surface area contributed by atoms with E-state index in [2.05, 4.69) is 10.3 Å². The number of anilines is 1. The number of nitrogens with zero attached hydrogens (tertiary/aromatic N) is 2. The van der Waals surface area contributed by atoms with Gasteiger partial charge in [-0.15, -0.1) is 0 Å². The van der Waals surface area contributed by atoms with Crippen LogP contribution in [0.4, 0.5) is 10.5 Å². The fourth-order valence-corrected chi connectivity index (χ4v) is 1.66. The van der Waals surface area contributed by atoms with Crippen molar-refractivity contribution in [3.63, 3.8) is 0 Å². The molecule has 20 heavy (non-hydrogen) atoms. The number of carbonyl (C=O) groups is 2. The highest BCUT2D eigenvalue weighted by atomic mass is 16.4. The Hall–Kier alpha value is -2.11. The smallest absolute Gasteiger partial charge is 0.321 e. The van der Waals surface area contributed by atoms with Crippen molar-refractivity contribution in [2.24, 2.45) is 5.41 Å². The Morgan fingerprint density at radius 1 is 1.45 bits per heavy atom. The van der Waals surface area contributed by atoms with Crippen molar-refractivity contribution in [3.05, 3.63) is 24.5 Å². The van der Waals surface area contributed by atoms with Gasteiger partial charge in [0.25, 0.3) is 0 Å². The van der Waals surface area contributed by atoms with E-state index in [1.807, 2.05) is 20.8 Å². The molecule has 0 spiro atoms. The van der Waals surface area contributed by atoms with E-state index < -0.39 is 12.0 Å². The van der Waals surface area contributed by atoms with Gasteiger partial charge in [-0.25, -0.2) is 4.79 Å². The van der Waals surface area contributed by atoms with Crippen molar-refractivity contribution in [1.82, 2.24) is 10.3 Å². The molecular weight excluding hydrogens is 258 g/mol. The van der Waals surface area contributed by atoms with Crippen LogP contribution in [0.1, 0.15) is 27.2 Å². The first-order valence-corrected chi connectivity index (χ1v) is 6.38. The summed E-state index contributed by atoms with van der Waals surface area (Å²) in [7, 11) is 1.62. The average Bonchev–Trinajstić information content (AvgIpc) is 2.36. The maximum Gasteiger partial charge on any atom is 0.321 e. The molecule has 0 saturated carbocycles. The second-order valence-corrected chi connectivity index (χ2v) is 5.74. The summed E-state index contributed by atoms with van der Waals surface area (Å²) in [4.78, 5) is 28.4. The van der Waals surface area contributed by atoms with E-state index in [-0.39, 0.29) is 17.9 Å². The van der Waals surface area contributed by atoms with Crippen molar-refractivity contribution >= 4 is 17.7 Å². The Balaban J connectivity index is 2.78. The van der Waals surface area contributed by atoms with Gasteiger partial charge in [0, 0.05) is 19.3 Å². The van der Waals surface area contributed by atoms with Gasteiger partial charge in [-0.05, 0) is 17.5 Å². The number of aromatic nitrogens is 1. The van der Waals surface area contributed by atoms with Gasteiger partial charge in [0.2, 0.25) is 0 Å². The molecule has 6 nitrogen and oxygen atoms in total. The summed E-state index contributed by atoms with van der Waals surface area (Å²) in [6.45, 7) is 5.68. The molecule has 0 fully saturated rings. The molecule has 2 amide bonds. The second-order valence-electron chi connectivity index (χ2n) is 5.74. The van der Waals surface area contributed by atoms with Crippen LogP contribution in [-0.2, 0) is 4.79 Å². The molecule has 0 aliphatic rings. The number of carboxylic acids is 1. The van der Waals surface area contributed by atoms with E-state index in [1.165, 1.54) is 4.90 Å². The molecule has 0 aliphatic heterocycles. The van der Waals surface area contributed by atoms with Gasteiger partial charge in [0.15, 0.2) is 0 Å². The largest absolute Gasteiger partial charge is 0.481 e. The molecule has 1 aromatic heterocycles. The topological polar surface area (TPSA) is 82.5 Å². The number of pyridine rings is 1. The van der Waals surface area contributed by atoms with Crippen LogP contribution >= 0.6 is 0 Å². The minimum Gasteiger partial charge on any atom is -0.481 e. The van der Waals surface area contributed by atoms with Crippen molar-refractivity contribution < 1.29 is 14.7 Å². The molecule has 0 bridgehead atoms. The molecular formula is C14H21N3O3. The summed E-state index contributed by atoms with van der Waals surface area (Å²) in [5.41, 5.74) is 0.303. The minimum absolute atomic E-state index is 0.115. The maximum atomic E-state index is 12.2. The number of hydrogen-bond acceptors (Lipinski definition) is 3. The molecule has 1 aromatic rings.